The Hall–Kier alpha value is -2.89. The number of aromatic amines is 1. The average molecular weight is 474 g/mol. The Morgan fingerprint density at radius 1 is 1.30 bits per heavy atom. The van der Waals surface area contributed by atoms with E-state index < -0.39 is 18.9 Å². The zero-order valence-electron chi connectivity index (χ0n) is 18.0. The molecular formula is C22H22F3N6OP. The van der Waals surface area contributed by atoms with Gasteiger partial charge in [0.15, 0.2) is 0 Å². The quantitative estimate of drug-likeness (QED) is 0.495. The molecule has 1 aliphatic heterocycles. The van der Waals surface area contributed by atoms with Crippen LogP contribution >= 0.6 is 7.14 Å². The molecule has 2 aliphatic rings. The molecule has 1 atom stereocenters. The lowest BCUT2D eigenvalue weighted by Gasteiger charge is -2.56. The number of nitrogens with zero attached hydrogens (tertiary/aromatic N) is 3. The lowest BCUT2D eigenvalue weighted by atomic mass is 9.60. The minimum atomic E-state index is -4.66. The predicted molar refractivity (Wildman–Crippen MR) is 120 cm³/mol. The molecule has 172 valence electrons. The summed E-state index contributed by atoms with van der Waals surface area (Å²) in [4.78, 5) is 11.2. The maximum atomic E-state index is 13.9. The second-order valence-electron chi connectivity index (χ2n) is 9.20. The molecule has 1 spiro atoms. The largest absolute Gasteiger partial charge is 0.419 e. The van der Waals surface area contributed by atoms with Crippen molar-refractivity contribution < 1.29 is 17.7 Å². The predicted octanol–water partition coefficient (Wildman–Crippen LogP) is 3.93. The molecule has 1 aliphatic carbocycles. The van der Waals surface area contributed by atoms with Crippen LogP contribution in [-0.2, 0) is 10.7 Å². The van der Waals surface area contributed by atoms with Gasteiger partial charge in [-0.2, -0.15) is 18.4 Å². The van der Waals surface area contributed by atoms with Crippen LogP contribution in [0.2, 0.25) is 0 Å². The Kier molecular flexibility index (Phi) is 4.86. The number of anilines is 1. The van der Waals surface area contributed by atoms with E-state index in [4.69, 9.17) is 0 Å². The molecule has 2 aromatic heterocycles. The van der Waals surface area contributed by atoms with E-state index in [2.05, 4.69) is 25.6 Å². The highest BCUT2D eigenvalue weighted by Crippen LogP contribution is 2.46. The molecule has 11 heteroatoms. The van der Waals surface area contributed by atoms with Crippen LogP contribution in [0, 0.1) is 16.7 Å². The molecule has 5 rings (SSSR count). The van der Waals surface area contributed by atoms with Crippen molar-refractivity contribution in [2.75, 3.05) is 31.7 Å². The molecule has 2 fully saturated rings. The molecule has 1 saturated heterocycles. The normalized spacial score (nSPS) is 19.7. The number of alkyl halides is 3. The minimum Gasteiger partial charge on any atom is -0.360 e. The lowest BCUT2D eigenvalue weighted by molar-refractivity contribution is -0.137. The molecular weight excluding hydrogens is 452 g/mol. The van der Waals surface area contributed by atoms with E-state index in [1.807, 2.05) is 6.07 Å². The minimum absolute atomic E-state index is 0.113. The Bertz CT molecular complexity index is 1340. The molecule has 0 amide bonds. The first-order valence-corrected chi connectivity index (χ1v) is 13.2. The molecule has 1 unspecified atom stereocenters. The standard InChI is InChI=1S/C22H22F3N6OP/c1-33(2,32)19-12(7-26)3-4-13-14(8-28-18(13)19)17-15(22(23,24)25)9-29-20(31-17)30-16-5-6-21(16)10-27-11-21/h3-4,8-9,16,27-28H,5-6,10-11H2,1-2H3,(H,29,30,31). The van der Waals surface area contributed by atoms with Gasteiger partial charge in [0.1, 0.15) is 12.7 Å². The molecule has 0 bridgehead atoms. The maximum absolute atomic E-state index is 13.9. The number of halogens is 3. The van der Waals surface area contributed by atoms with Crippen LogP contribution in [-0.4, -0.2) is 47.4 Å². The van der Waals surface area contributed by atoms with Gasteiger partial charge < -0.3 is 20.2 Å². The van der Waals surface area contributed by atoms with Gasteiger partial charge in [-0.05, 0) is 32.2 Å². The zero-order chi connectivity index (χ0) is 23.6. The van der Waals surface area contributed by atoms with Gasteiger partial charge in [-0.25, -0.2) is 9.97 Å². The number of aromatic nitrogens is 3. The fourth-order valence-corrected chi connectivity index (χ4v) is 6.27. The number of benzene rings is 1. The SMILES string of the molecule is CP(C)(=O)c1c(C#N)ccc2c(-c3nc(NC4CCC45CNC5)ncc3C(F)(F)F)c[nH]c12. The number of hydrogen-bond acceptors (Lipinski definition) is 6. The maximum Gasteiger partial charge on any atom is 0.419 e. The zero-order valence-corrected chi connectivity index (χ0v) is 18.9. The second kappa shape index (κ2) is 7.31. The number of H-pyrrole nitrogens is 1. The van der Waals surface area contributed by atoms with Crippen LogP contribution in [0.15, 0.2) is 24.5 Å². The van der Waals surface area contributed by atoms with E-state index in [1.165, 1.54) is 25.6 Å². The molecule has 3 N–H and O–H groups in total. The third-order valence-corrected chi connectivity index (χ3v) is 8.31. The summed E-state index contributed by atoms with van der Waals surface area (Å²) in [6.07, 6.45) is -0.452. The van der Waals surface area contributed by atoms with Crippen molar-refractivity contribution in [1.29, 1.82) is 5.26 Å². The van der Waals surface area contributed by atoms with Gasteiger partial charge >= 0.3 is 6.18 Å². The Balaban J connectivity index is 1.65. The van der Waals surface area contributed by atoms with Crippen LogP contribution in [0.5, 0.6) is 0 Å². The highest BCUT2D eigenvalue weighted by Gasteiger charge is 2.51. The van der Waals surface area contributed by atoms with E-state index in [0.717, 1.165) is 32.1 Å². The Morgan fingerprint density at radius 3 is 2.61 bits per heavy atom. The molecule has 33 heavy (non-hydrogen) atoms. The van der Waals surface area contributed by atoms with Gasteiger partial charge in [0, 0.05) is 47.9 Å². The first kappa shape index (κ1) is 21.9. The summed E-state index contributed by atoms with van der Waals surface area (Å²) in [5.74, 6) is 0.147. The van der Waals surface area contributed by atoms with Gasteiger partial charge in [0.05, 0.1) is 28.1 Å². The molecule has 3 aromatic rings. The summed E-state index contributed by atoms with van der Waals surface area (Å²) in [5.41, 5.74) is -0.255. The van der Waals surface area contributed by atoms with Gasteiger partial charge in [0.2, 0.25) is 5.95 Å². The van der Waals surface area contributed by atoms with Crippen LogP contribution < -0.4 is 15.9 Å². The number of nitrogens with one attached hydrogen (secondary N) is 3. The fraction of sp³-hybridized carbons (Fsp3) is 0.409. The van der Waals surface area contributed by atoms with Gasteiger partial charge in [-0.15, -0.1) is 0 Å². The first-order valence-electron chi connectivity index (χ1n) is 10.6. The monoisotopic (exact) mass is 474 g/mol. The number of fused-ring (bicyclic) bond motifs is 1. The van der Waals surface area contributed by atoms with Crippen molar-refractivity contribution in [2.45, 2.75) is 25.1 Å². The summed E-state index contributed by atoms with van der Waals surface area (Å²) in [7, 11) is -2.90. The Labute approximate surface area is 188 Å². The summed E-state index contributed by atoms with van der Waals surface area (Å²) < 4.78 is 54.5. The molecule has 1 aromatic carbocycles. The second-order valence-corrected chi connectivity index (χ2v) is 12.4. The lowest BCUT2D eigenvalue weighted by Crippen LogP contribution is -2.67. The van der Waals surface area contributed by atoms with Crippen molar-refractivity contribution in [1.82, 2.24) is 20.3 Å². The highest BCUT2D eigenvalue weighted by molar-refractivity contribution is 7.70. The molecule has 3 heterocycles. The first-order chi connectivity index (χ1) is 15.5. The summed E-state index contributed by atoms with van der Waals surface area (Å²) in [6, 6.07) is 5.20. The van der Waals surface area contributed by atoms with E-state index in [9.17, 15) is 23.0 Å². The van der Waals surface area contributed by atoms with Gasteiger partial charge in [0.25, 0.3) is 0 Å². The van der Waals surface area contributed by atoms with Crippen LogP contribution in [0.25, 0.3) is 22.2 Å². The van der Waals surface area contributed by atoms with Crippen LogP contribution in [0.1, 0.15) is 24.0 Å². The van der Waals surface area contributed by atoms with Crippen LogP contribution in [0.4, 0.5) is 19.1 Å². The van der Waals surface area contributed by atoms with Crippen molar-refractivity contribution >= 4 is 29.3 Å². The van der Waals surface area contributed by atoms with Crippen molar-refractivity contribution in [2.24, 2.45) is 5.41 Å². The third-order valence-electron chi connectivity index (χ3n) is 6.76. The van der Waals surface area contributed by atoms with E-state index >= 15 is 0 Å². The van der Waals surface area contributed by atoms with Crippen molar-refractivity contribution in [3.63, 3.8) is 0 Å². The van der Waals surface area contributed by atoms with E-state index in [0.29, 0.717) is 16.2 Å². The van der Waals surface area contributed by atoms with Crippen molar-refractivity contribution in [3.05, 3.63) is 35.7 Å². The fourth-order valence-electron chi connectivity index (χ4n) is 4.84. The summed E-state index contributed by atoms with van der Waals surface area (Å²) in [6.45, 7) is 4.80. The average Bonchev–Trinajstić information content (AvgIpc) is 3.11. The van der Waals surface area contributed by atoms with E-state index in [-0.39, 0.29) is 34.2 Å². The molecule has 0 radical (unpaired) electrons. The van der Waals surface area contributed by atoms with Gasteiger partial charge in [-0.1, -0.05) is 6.07 Å². The van der Waals surface area contributed by atoms with Crippen molar-refractivity contribution in [3.8, 4) is 17.3 Å². The number of rotatable bonds is 4. The molecule has 1 saturated carbocycles. The Morgan fingerprint density at radius 2 is 2.06 bits per heavy atom. The number of nitriles is 1. The summed E-state index contributed by atoms with van der Waals surface area (Å²) >= 11 is 0. The smallest absolute Gasteiger partial charge is 0.360 e. The van der Waals surface area contributed by atoms with Crippen LogP contribution in [0.3, 0.4) is 0 Å². The summed E-state index contributed by atoms with van der Waals surface area (Å²) in [5, 5.41) is 16.7. The number of hydrogen-bond donors (Lipinski definition) is 3. The third kappa shape index (κ3) is 3.51. The highest BCUT2D eigenvalue weighted by atomic mass is 31.2. The molecule has 7 nitrogen and oxygen atoms in total. The van der Waals surface area contributed by atoms with Gasteiger partial charge in [-0.3, -0.25) is 0 Å². The topological polar surface area (TPSA) is 106 Å². The van der Waals surface area contributed by atoms with E-state index in [1.54, 1.807) is 6.07 Å².